The molecule has 218 valence electrons. The van der Waals surface area contributed by atoms with Crippen molar-refractivity contribution in [3.8, 4) is 5.75 Å². The topological polar surface area (TPSA) is 73.4 Å². The summed E-state index contributed by atoms with van der Waals surface area (Å²) in [6.07, 6.45) is 9.07. The number of nitrogens with zero attached hydrogens (tertiary/aromatic N) is 4. The molecule has 3 heterocycles. The van der Waals surface area contributed by atoms with E-state index in [1.54, 1.807) is 12.0 Å². The first-order valence-corrected chi connectivity index (χ1v) is 15.5. The number of hydrogen-bond donors (Lipinski definition) is 0. The number of carbonyl (C=O) groups is 3. The minimum Gasteiger partial charge on any atom is -0.497 e. The fourth-order valence-corrected chi connectivity index (χ4v) is 7.19. The SMILES string of the molecule is COc1cccc(N2CCN(C(=O)C3CCN(c4cccc5c4C(=O)N(C4CCCCCCC4)C5=O)CC3)CC2)c1. The van der Waals surface area contributed by atoms with Gasteiger partial charge >= 0.3 is 0 Å². The molecule has 8 heteroatoms. The predicted molar refractivity (Wildman–Crippen MR) is 160 cm³/mol. The van der Waals surface area contributed by atoms with Gasteiger partial charge in [0.1, 0.15) is 5.75 Å². The van der Waals surface area contributed by atoms with Gasteiger partial charge < -0.3 is 19.4 Å². The summed E-state index contributed by atoms with van der Waals surface area (Å²) in [7, 11) is 1.68. The minimum atomic E-state index is -0.129. The Morgan fingerprint density at radius 1 is 0.756 bits per heavy atom. The Hall–Kier alpha value is -3.55. The fraction of sp³-hybridized carbons (Fsp3) is 0.545. The lowest BCUT2D eigenvalue weighted by molar-refractivity contribution is -0.136. The third kappa shape index (κ3) is 5.53. The Morgan fingerprint density at radius 3 is 2.15 bits per heavy atom. The Labute approximate surface area is 243 Å². The number of hydrogen-bond acceptors (Lipinski definition) is 6. The van der Waals surface area contributed by atoms with Crippen LogP contribution in [0.25, 0.3) is 0 Å². The quantitative estimate of drug-likeness (QED) is 0.483. The maximum Gasteiger partial charge on any atom is 0.263 e. The first-order chi connectivity index (χ1) is 20.0. The Morgan fingerprint density at radius 2 is 1.44 bits per heavy atom. The zero-order chi connectivity index (χ0) is 28.3. The summed E-state index contributed by atoms with van der Waals surface area (Å²) < 4.78 is 5.37. The molecule has 2 aromatic carbocycles. The van der Waals surface area contributed by atoms with Crippen molar-refractivity contribution in [2.24, 2.45) is 5.92 Å². The molecule has 1 aliphatic carbocycles. The average Bonchev–Trinajstić information content (AvgIpc) is 3.26. The van der Waals surface area contributed by atoms with Gasteiger partial charge in [-0.25, -0.2) is 0 Å². The molecule has 0 spiro atoms. The molecule has 0 aromatic heterocycles. The van der Waals surface area contributed by atoms with Crippen molar-refractivity contribution in [1.29, 1.82) is 0 Å². The third-order valence-electron chi connectivity index (χ3n) is 9.56. The second-order valence-electron chi connectivity index (χ2n) is 12.0. The molecule has 0 unspecified atom stereocenters. The van der Waals surface area contributed by atoms with E-state index >= 15 is 0 Å². The van der Waals surface area contributed by atoms with Crippen molar-refractivity contribution >= 4 is 29.1 Å². The highest BCUT2D eigenvalue weighted by Gasteiger charge is 2.42. The Balaban J connectivity index is 1.07. The number of anilines is 2. The van der Waals surface area contributed by atoms with Crippen LogP contribution in [0.15, 0.2) is 42.5 Å². The second kappa shape index (κ2) is 12.1. The maximum absolute atomic E-state index is 13.7. The van der Waals surface area contributed by atoms with E-state index in [0.717, 1.165) is 81.8 Å². The number of carbonyl (C=O) groups excluding carboxylic acids is 3. The molecule has 1 saturated carbocycles. The van der Waals surface area contributed by atoms with Gasteiger partial charge in [-0.05, 0) is 49.9 Å². The molecule has 0 N–H and O–H groups in total. The van der Waals surface area contributed by atoms with Gasteiger partial charge in [0.2, 0.25) is 5.91 Å². The number of fused-ring (bicyclic) bond motifs is 1. The highest BCUT2D eigenvalue weighted by molar-refractivity contribution is 6.24. The molecular weight excluding hydrogens is 516 g/mol. The van der Waals surface area contributed by atoms with Crippen LogP contribution in [0.2, 0.25) is 0 Å². The van der Waals surface area contributed by atoms with Crippen LogP contribution in [-0.2, 0) is 4.79 Å². The number of ether oxygens (including phenoxy) is 1. The lowest BCUT2D eigenvalue weighted by Crippen LogP contribution is -2.51. The van der Waals surface area contributed by atoms with Gasteiger partial charge in [-0.15, -0.1) is 0 Å². The third-order valence-corrected chi connectivity index (χ3v) is 9.56. The highest BCUT2D eigenvalue weighted by Crippen LogP contribution is 2.37. The van der Waals surface area contributed by atoms with Crippen LogP contribution in [-0.4, -0.2) is 79.9 Å². The van der Waals surface area contributed by atoms with Gasteiger partial charge in [-0.2, -0.15) is 0 Å². The number of piperidine rings is 1. The van der Waals surface area contributed by atoms with Gasteiger partial charge in [0, 0.05) is 63.0 Å². The molecule has 0 atom stereocenters. The van der Waals surface area contributed by atoms with Gasteiger partial charge in [0.25, 0.3) is 11.8 Å². The summed E-state index contributed by atoms with van der Waals surface area (Å²) in [6.45, 7) is 4.47. The van der Waals surface area contributed by atoms with Crippen LogP contribution >= 0.6 is 0 Å². The minimum absolute atomic E-state index is 0.00305. The van der Waals surface area contributed by atoms with E-state index in [4.69, 9.17) is 4.74 Å². The number of methoxy groups -OCH3 is 1. The summed E-state index contributed by atoms with van der Waals surface area (Å²) in [5.74, 6) is 0.828. The van der Waals surface area contributed by atoms with Gasteiger partial charge in [-0.3, -0.25) is 19.3 Å². The van der Waals surface area contributed by atoms with Crippen LogP contribution in [0.4, 0.5) is 11.4 Å². The Kier molecular flexibility index (Phi) is 8.17. The number of imide groups is 1. The average molecular weight is 559 g/mol. The lowest BCUT2D eigenvalue weighted by atomic mass is 9.93. The molecule has 3 fully saturated rings. The molecule has 0 bridgehead atoms. The molecule has 6 rings (SSSR count). The van der Waals surface area contributed by atoms with E-state index < -0.39 is 0 Å². The molecule has 2 aromatic rings. The smallest absolute Gasteiger partial charge is 0.263 e. The zero-order valence-corrected chi connectivity index (χ0v) is 24.2. The van der Waals surface area contributed by atoms with Crippen molar-refractivity contribution < 1.29 is 19.1 Å². The number of amides is 3. The van der Waals surface area contributed by atoms with Crippen molar-refractivity contribution in [3.05, 3.63) is 53.6 Å². The molecule has 3 aliphatic heterocycles. The van der Waals surface area contributed by atoms with Crippen molar-refractivity contribution in [3.63, 3.8) is 0 Å². The van der Waals surface area contributed by atoms with Crippen LogP contribution in [0, 0.1) is 5.92 Å². The summed E-state index contributed by atoms with van der Waals surface area (Å²) >= 11 is 0. The van der Waals surface area contributed by atoms with Crippen LogP contribution in [0.1, 0.15) is 78.5 Å². The van der Waals surface area contributed by atoms with E-state index in [1.165, 1.54) is 19.3 Å². The predicted octanol–water partition coefficient (Wildman–Crippen LogP) is 4.97. The number of rotatable bonds is 5. The highest BCUT2D eigenvalue weighted by atomic mass is 16.5. The van der Waals surface area contributed by atoms with Crippen LogP contribution in [0.3, 0.4) is 0 Å². The number of benzene rings is 2. The van der Waals surface area contributed by atoms with Gasteiger partial charge in [0.15, 0.2) is 0 Å². The molecular formula is C33H42N4O4. The van der Waals surface area contributed by atoms with Gasteiger partial charge in [0.05, 0.1) is 23.9 Å². The van der Waals surface area contributed by atoms with E-state index in [2.05, 4.69) is 15.9 Å². The molecule has 2 saturated heterocycles. The first-order valence-electron chi connectivity index (χ1n) is 15.5. The molecule has 41 heavy (non-hydrogen) atoms. The maximum atomic E-state index is 13.7. The standard InChI is InChI=1S/C33H42N4O4/c1-41-27-12-7-11-26(23-27)34-19-21-36(22-20-34)31(38)24-15-17-35(18-16-24)29-14-8-13-28-30(29)33(40)37(32(28)39)25-9-5-3-2-4-6-10-25/h7-8,11-14,23-25H,2-6,9-10,15-22H2,1H3. The van der Waals surface area contributed by atoms with Crippen molar-refractivity contribution in [1.82, 2.24) is 9.80 Å². The summed E-state index contributed by atoms with van der Waals surface area (Å²) in [5.41, 5.74) is 3.09. The van der Waals surface area contributed by atoms with Gasteiger partial charge in [-0.1, -0.05) is 44.2 Å². The summed E-state index contributed by atoms with van der Waals surface area (Å²) in [4.78, 5) is 48.7. The first kappa shape index (κ1) is 27.6. The van der Waals surface area contributed by atoms with E-state index in [0.29, 0.717) is 24.2 Å². The monoisotopic (exact) mass is 558 g/mol. The summed E-state index contributed by atoms with van der Waals surface area (Å²) in [5, 5.41) is 0. The van der Waals surface area contributed by atoms with Crippen LogP contribution in [0.5, 0.6) is 5.75 Å². The molecule has 8 nitrogen and oxygen atoms in total. The summed E-state index contributed by atoms with van der Waals surface area (Å²) in [6, 6.07) is 13.8. The number of piperazine rings is 1. The normalized spacial score (nSPS) is 21.1. The molecule has 0 radical (unpaired) electrons. The lowest BCUT2D eigenvalue weighted by Gasteiger charge is -2.40. The largest absolute Gasteiger partial charge is 0.497 e. The fourth-order valence-electron chi connectivity index (χ4n) is 7.19. The van der Waals surface area contributed by atoms with Crippen molar-refractivity contribution in [2.45, 2.75) is 63.8 Å². The second-order valence-corrected chi connectivity index (χ2v) is 12.0. The molecule has 3 amide bonds. The van der Waals surface area contributed by atoms with E-state index in [1.807, 2.05) is 41.3 Å². The zero-order valence-electron chi connectivity index (χ0n) is 24.2. The van der Waals surface area contributed by atoms with Crippen LogP contribution < -0.4 is 14.5 Å². The Bertz CT molecular complexity index is 1270. The van der Waals surface area contributed by atoms with E-state index in [-0.39, 0.29) is 29.7 Å². The molecule has 4 aliphatic rings. The van der Waals surface area contributed by atoms with Crippen molar-refractivity contribution in [2.75, 3.05) is 56.2 Å². The van der Waals surface area contributed by atoms with E-state index in [9.17, 15) is 14.4 Å².